The van der Waals surface area contributed by atoms with Crippen LogP contribution in [-0.2, 0) is 0 Å². The van der Waals surface area contributed by atoms with Crippen molar-refractivity contribution in [3.8, 4) is 0 Å². The second-order valence-electron chi connectivity index (χ2n) is 6.06. The highest BCUT2D eigenvalue weighted by Gasteiger charge is 2.42. The van der Waals surface area contributed by atoms with E-state index < -0.39 is 24.0 Å². The predicted molar refractivity (Wildman–Crippen MR) is 92.9 cm³/mol. The molecule has 146 valence electrons. The molecule has 0 bridgehead atoms. The zero-order chi connectivity index (χ0) is 20.5. The Morgan fingerprint density at radius 2 is 1.68 bits per heavy atom. The summed E-state index contributed by atoms with van der Waals surface area (Å²) in [7, 11) is 0. The Kier molecular flexibility index (Phi) is 5.10. The van der Waals surface area contributed by atoms with Gasteiger partial charge in [0.15, 0.2) is 11.8 Å². The third-order valence-electron chi connectivity index (χ3n) is 4.26. The Morgan fingerprint density at radius 3 is 2.25 bits per heavy atom. The van der Waals surface area contributed by atoms with Crippen molar-refractivity contribution in [2.24, 2.45) is 0 Å². The van der Waals surface area contributed by atoms with Gasteiger partial charge in [0.25, 0.3) is 11.8 Å². The second-order valence-corrected chi connectivity index (χ2v) is 6.06. The first-order valence-corrected chi connectivity index (χ1v) is 8.12. The number of amides is 2. The fraction of sp³-hybridized carbons (Fsp3) is 0.158. The molecule has 0 radical (unpaired) electrons. The summed E-state index contributed by atoms with van der Waals surface area (Å²) in [6, 6.07) is 8.76. The van der Waals surface area contributed by atoms with Gasteiger partial charge in [-0.2, -0.15) is 13.2 Å². The van der Waals surface area contributed by atoms with E-state index in [1.165, 1.54) is 5.48 Å². The van der Waals surface area contributed by atoms with Crippen molar-refractivity contribution >= 4 is 22.8 Å². The Bertz CT molecular complexity index is 1030. The highest BCUT2D eigenvalue weighted by atomic mass is 19.4. The van der Waals surface area contributed by atoms with E-state index >= 15 is 0 Å². The molecule has 3 aromatic rings. The molecule has 0 saturated heterocycles. The second kappa shape index (κ2) is 7.35. The SMILES string of the molecule is Cc1c(C(=O)N[C@@H](c2ccc(C(=O)NO)cc2)C(F)(F)F)oc2ccccc12. The number of para-hydroxylation sites is 1. The van der Waals surface area contributed by atoms with Gasteiger partial charge >= 0.3 is 6.18 Å². The van der Waals surface area contributed by atoms with Crippen LogP contribution >= 0.6 is 0 Å². The van der Waals surface area contributed by atoms with Crippen molar-refractivity contribution < 1.29 is 32.4 Å². The number of hydrogen-bond acceptors (Lipinski definition) is 4. The average molecular weight is 392 g/mol. The van der Waals surface area contributed by atoms with Crippen LogP contribution in [0.3, 0.4) is 0 Å². The summed E-state index contributed by atoms with van der Waals surface area (Å²) < 4.78 is 46.1. The van der Waals surface area contributed by atoms with Crippen molar-refractivity contribution in [2.75, 3.05) is 0 Å². The van der Waals surface area contributed by atoms with E-state index in [9.17, 15) is 22.8 Å². The van der Waals surface area contributed by atoms with Crippen molar-refractivity contribution in [2.45, 2.75) is 19.1 Å². The van der Waals surface area contributed by atoms with Crippen LogP contribution in [0.4, 0.5) is 13.2 Å². The van der Waals surface area contributed by atoms with Gasteiger partial charge in [-0.15, -0.1) is 0 Å². The smallest absolute Gasteiger partial charge is 0.412 e. The number of halogens is 3. The minimum Gasteiger partial charge on any atom is -0.451 e. The number of aryl methyl sites for hydroxylation is 1. The molecular formula is C19H15F3N2O4. The number of hydrogen-bond donors (Lipinski definition) is 3. The topological polar surface area (TPSA) is 91.6 Å². The van der Waals surface area contributed by atoms with Crippen LogP contribution < -0.4 is 10.8 Å². The molecular weight excluding hydrogens is 377 g/mol. The van der Waals surface area contributed by atoms with Crippen LogP contribution in [0.25, 0.3) is 11.0 Å². The molecule has 0 unspecified atom stereocenters. The van der Waals surface area contributed by atoms with Gasteiger partial charge in [0.05, 0.1) is 0 Å². The first-order valence-electron chi connectivity index (χ1n) is 8.12. The van der Waals surface area contributed by atoms with Crippen molar-refractivity contribution in [1.82, 2.24) is 10.8 Å². The maximum absolute atomic E-state index is 13.5. The van der Waals surface area contributed by atoms with Gasteiger partial charge in [-0.3, -0.25) is 14.8 Å². The van der Waals surface area contributed by atoms with Crippen molar-refractivity contribution in [1.29, 1.82) is 0 Å². The van der Waals surface area contributed by atoms with Crippen molar-refractivity contribution in [3.63, 3.8) is 0 Å². The number of benzene rings is 2. The number of furan rings is 1. The number of fused-ring (bicyclic) bond motifs is 1. The van der Waals surface area contributed by atoms with Gasteiger partial charge in [-0.1, -0.05) is 30.3 Å². The van der Waals surface area contributed by atoms with E-state index in [0.29, 0.717) is 16.5 Å². The Balaban J connectivity index is 1.91. The summed E-state index contributed by atoms with van der Waals surface area (Å²) >= 11 is 0. The lowest BCUT2D eigenvalue weighted by atomic mass is 10.0. The third kappa shape index (κ3) is 3.70. The summed E-state index contributed by atoms with van der Waals surface area (Å²) in [5, 5.41) is 11.2. The fourth-order valence-electron chi connectivity index (χ4n) is 2.83. The number of rotatable bonds is 4. The molecule has 0 aliphatic carbocycles. The first kappa shape index (κ1) is 19.4. The third-order valence-corrected chi connectivity index (χ3v) is 4.26. The normalized spacial score (nSPS) is 12.6. The van der Waals surface area contributed by atoms with Gasteiger partial charge in [-0.05, 0) is 30.7 Å². The molecule has 0 saturated carbocycles. The zero-order valence-corrected chi connectivity index (χ0v) is 14.5. The number of carbonyl (C=O) groups excluding carboxylic acids is 2. The lowest BCUT2D eigenvalue weighted by Gasteiger charge is -2.22. The van der Waals surface area contributed by atoms with Crippen LogP contribution in [0.15, 0.2) is 52.9 Å². The van der Waals surface area contributed by atoms with E-state index in [1.807, 2.05) is 5.32 Å². The molecule has 2 aromatic carbocycles. The minimum absolute atomic E-state index is 0.0355. The summed E-state index contributed by atoms with van der Waals surface area (Å²) in [6.07, 6.45) is -4.78. The summed E-state index contributed by atoms with van der Waals surface area (Å²) in [5.41, 5.74) is 1.91. The monoisotopic (exact) mass is 392 g/mol. The standard InChI is InChI=1S/C19H15F3N2O4/c1-10-13-4-2-3-5-14(13)28-15(10)18(26)23-16(19(20,21)22)11-6-8-12(9-7-11)17(25)24-27/h2-9,16,27H,1H3,(H,23,26)(H,24,25)/t16-/m0/s1. The average Bonchev–Trinajstić information content (AvgIpc) is 3.01. The van der Waals surface area contributed by atoms with Gasteiger partial charge in [0.1, 0.15) is 5.58 Å². The van der Waals surface area contributed by atoms with Gasteiger partial charge in [-0.25, -0.2) is 5.48 Å². The van der Waals surface area contributed by atoms with Gasteiger partial charge < -0.3 is 9.73 Å². The Hall–Kier alpha value is -3.33. The maximum Gasteiger partial charge on any atom is 0.412 e. The molecule has 1 heterocycles. The summed E-state index contributed by atoms with van der Waals surface area (Å²) in [4.78, 5) is 23.8. The molecule has 1 aromatic heterocycles. The fourth-order valence-corrected chi connectivity index (χ4v) is 2.83. The lowest BCUT2D eigenvalue weighted by Crippen LogP contribution is -2.38. The lowest BCUT2D eigenvalue weighted by molar-refractivity contribution is -0.155. The molecule has 1 atom stereocenters. The zero-order valence-electron chi connectivity index (χ0n) is 14.5. The number of alkyl halides is 3. The molecule has 0 spiro atoms. The van der Waals surface area contributed by atoms with E-state index in [-0.39, 0.29) is 16.9 Å². The van der Waals surface area contributed by atoms with Gasteiger partial charge in [0, 0.05) is 16.5 Å². The minimum atomic E-state index is -4.78. The Labute approximate surface area is 156 Å². The van der Waals surface area contributed by atoms with E-state index in [1.54, 1.807) is 31.2 Å². The molecule has 28 heavy (non-hydrogen) atoms. The highest BCUT2D eigenvalue weighted by molar-refractivity contribution is 5.99. The van der Waals surface area contributed by atoms with Crippen LogP contribution in [-0.4, -0.2) is 23.2 Å². The molecule has 9 heteroatoms. The van der Waals surface area contributed by atoms with E-state index in [0.717, 1.165) is 24.3 Å². The number of nitrogens with one attached hydrogen (secondary N) is 2. The number of hydroxylamine groups is 1. The van der Waals surface area contributed by atoms with E-state index in [4.69, 9.17) is 9.62 Å². The van der Waals surface area contributed by atoms with Crippen molar-refractivity contribution in [3.05, 3.63) is 71.0 Å². The molecule has 6 nitrogen and oxygen atoms in total. The Morgan fingerprint density at radius 1 is 1.04 bits per heavy atom. The largest absolute Gasteiger partial charge is 0.451 e. The maximum atomic E-state index is 13.5. The molecule has 2 amide bonds. The van der Waals surface area contributed by atoms with Crippen LogP contribution in [0, 0.1) is 6.92 Å². The first-order chi connectivity index (χ1) is 13.2. The molecule has 0 fully saturated rings. The van der Waals surface area contributed by atoms with E-state index in [2.05, 4.69) is 0 Å². The van der Waals surface area contributed by atoms with Crippen LogP contribution in [0.5, 0.6) is 0 Å². The highest BCUT2D eigenvalue weighted by Crippen LogP contribution is 2.34. The molecule has 0 aliphatic rings. The molecule has 3 rings (SSSR count). The summed E-state index contributed by atoms with van der Waals surface area (Å²) in [6.45, 7) is 1.59. The summed E-state index contributed by atoms with van der Waals surface area (Å²) in [5.74, 6) is -2.07. The number of carbonyl (C=O) groups is 2. The van der Waals surface area contributed by atoms with Gasteiger partial charge in [0.2, 0.25) is 0 Å². The quantitative estimate of drug-likeness (QED) is 0.464. The van der Waals surface area contributed by atoms with Crippen LogP contribution in [0.1, 0.15) is 38.1 Å². The predicted octanol–water partition coefficient (Wildman–Crippen LogP) is 3.89. The molecule has 3 N–H and O–H groups in total. The van der Waals surface area contributed by atoms with Crippen LogP contribution in [0.2, 0.25) is 0 Å². The molecule has 0 aliphatic heterocycles.